The fraction of sp³-hybridized carbons (Fsp3) is 0.200. The molecule has 4 heteroatoms. The van der Waals surface area contributed by atoms with E-state index in [2.05, 4.69) is 31.9 Å². The van der Waals surface area contributed by atoms with E-state index in [1.54, 1.807) is 7.11 Å². The predicted octanol–water partition coefficient (Wildman–Crippen LogP) is 4.61. The van der Waals surface area contributed by atoms with Gasteiger partial charge in [0.15, 0.2) is 0 Å². The Kier molecular flexibility index (Phi) is 4.66. The van der Waals surface area contributed by atoms with Crippen molar-refractivity contribution in [2.75, 3.05) is 7.11 Å². The monoisotopic (exact) mass is 384 g/mol. The molecule has 0 radical (unpaired) electrons. The molecular weight excluding hydrogens is 372 g/mol. The molecule has 0 aliphatic carbocycles. The van der Waals surface area contributed by atoms with Crippen molar-refractivity contribution in [3.63, 3.8) is 0 Å². The van der Waals surface area contributed by atoms with Gasteiger partial charge in [-0.1, -0.05) is 49.6 Å². The van der Waals surface area contributed by atoms with E-state index >= 15 is 0 Å². The van der Waals surface area contributed by atoms with Gasteiger partial charge in [-0.3, -0.25) is 0 Å². The summed E-state index contributed by atoms with van der Waals surface area (Å²) in [6.45, 7) is 1.99. The molecule has 2 aromatic rings. The Morgan fingerprint density at radius 1 is 1.05 bits per heavy atom. The SMILES string of the molecule is COc1ccc(C)cc1C(O)c1ccc(Br)cc1Br. The normalized spacial score (nSPS) is 12.3. The van der Waals surface area contributed by atoms with Crippen LogP contribution < -0.4 is 4.74 Å². The highest BCUT2D eigenvalue weighted by atomic mass is 79.9. The van der Waals surface area contributed by atoms with Gasteiger partial charge in [0.25, 0.3) is 0 Å². The van der Waals surface area contributed by atoms with Crippen molar-refractivity contribution >= 4 is 31.9 Å². The molecule has 0 aromatic heterocycles. The van der Waals surface area contributed by atoms with Crippen LogP contribution >= 0.6 is 31.9 Å². The van der Waals surface area contributed by atoms with Gasteiger partial charge >= 0.3 is 0 Å². The molecule has 1 unspecified atom stereocenters. The molecule has 0 aliphatic rings. The molecule has 1 atom stereocenters. The minimum Gasteiger partial charge on any atom is -0.496 e. The molecule has 0 spiro atoms. The smallest absolute Gasteiger partial charge is 0.125 e. The number of ether oxygens (including phenoxy) is 1. The molecule has 0 saturated carbocycles. The zero-order chi connectivity index (χ0) is 14.0. The maximum absolute atomic E-state index is 10.6. The number of hydrogen-bond acceptors (Lipinski definition) is 2. The summed E-state index contributed by atoms with van der Waals surface area (Å²) in [4.78, 5) is 0. The van der Waals surface area contributed by atoms with Gasteiger partial charge in [-0.25, -0.2) is 0 Å². The summed E-state index contributed by atoms with van der Waals surface area (Å²) in [7, 11) is 1.61. The number of aliphatic hydroxyl groups is 1. The van der Waals surface area contributed by atoms with E-state index in [-0.39, 0.29) is 0 Å². The molecule has 0 aliphatic heterocycles. The standard InChI is InChI=1S/C15H14Br2O2/c1-9-3-6-14(19-2)12(7-9)15(18)11-5-4-10(16)8-13(11)17/h3-8,15,18H,1-2H3. The minimum atomic E-state index is -0.725. The average molecular weight is 386 g/mol. The zero-order valence-electron chi connectivity index (χ0n) is 10.7. The van der Waals surface area contributed by atoms with Crippen LogP contribution in [-0.2, 0) is 0 Å². The topological polar surface area (TPSA) is 29.5 Å². The van der Waals surface area contributed by atoms with Gasteiger partial charge in [-0.15, -0.1) is 0 Å². The predicted molar refractivity (Wildman–Crippen MR) is 83.6 cm³/mol. The van der Waals surface area contributed by atoms with Crippen LogP contribution in [0, 0.1) is 6.92 Å². The Bertz CT molecular complexity index is 597. The molecule has 100 valence electrons. The number of aliphatic hydroxyl groups excluding tert-OH is 1. The lowest BCUT2D eigenvalue weighted by molar-refractivity contribution is 0.214. The number of halogens is 2. The van der Waals surface area contributed by atoms with Crippen molar-refractivity contribution in [1.82, 2.24) is 0 Å². The highest BCUT2D eigenvalue weighted by molar-refractivity contribution is 9.11. The molecule has 2 nitrogen and oxygen atoms in total. The van der Waals surface area contributed by atoms with Gasteiger partial charge in [0.1, 0.15) is 11.9 Å². The van der Waals surface area contributed by atoms with Crippen LogP contribution in [0.15, 0.2) is 45.3 Å². The third kappa shape index (κ3) is 3.19. The lowest BCUT2D eigenvalue weighted by Crippen LogP contribution is -2.03. The van der Waals surface area contributed by atoms with Gasteiger partial charge < -0.3 is 9.84 Å². The van der Waals surface area contributed by atoms with Crippen LogP contribution in [0.25, 0.3) is 0 Å². The number of methoxy groups -OCH3 is 1. The first-order valence-corrected chi connectivity index (χ1v) is 7.39. The molecule has 2 rings (SSSR count). The molecule has 0 amide bonds. The van der Waals surface area contributed by atoms with Crippen molar-refractivity contribution in [3.8, 4) is 5.75 Å². The van der Waals surface area contributed by atoms with Gasteiger partial charge in [0.05, 0.1) is 7.11 Å². The summed E-state index contributed by atoms with van der Waals surface area (Å²) in [5.41, 5.74) is 2.67. The van der Waals surface area contributed by atoms with Crippen molar-refractivity contribution in [2.45, 2.75) is 13.0 Å². The van der Waals surface area contributed by atoms with Gasteiger partial charge in [-0.2, -0.15) is 0 Å². The molecule has 2 aromatic carbocycles. The van der Waals surface area contributed by atoms with Crippen molar-refractivity contribution in [2.24, 2.45) is 0 Å². The second-order valence-corrected chi connectivity index (χ2v) is 6.08. The number of aryl methyl sites for hydroxylation is 1. The number of benzene rings is 2. The van der Waals surface area contributed by atoms with E-state index in [9.17, 15) is 5.11 Å². The van der Waals surface area contributed by atoms with Crippen LogP contribution in [0.1, 0.15) is 22.8 Å². The fourth-order valence-corrected chi connectivity index (χ4v) is 3.22. The zero-order valence-corrected chi connectivity index (χ0v) is 13.8. The molecule has 19 heavy (non-hydrogen) atoms. The number of rotatable bonds is 3. The highest BCUT2D eigenvalue weighted by Gasteiger charge is 2.18. The molecule has 1 N–H and O–H groups in total. The molecule has 0 bridgehead atoms. The lowest BCUT2D eigenvalue weighted by atomic mass is 9.99. The Morgan fingerprint density at radius 3 is 2.42 bits per heavy atom. The molecule has 0 fully saturated rings. The van der Waals surface area contributed by atoms with Gasteiger partial charge in [-0.05, 0) is 36.8 Å². The van der Waals surface area contributed by atoms with Crippen molar-refractivity contribution < 1.29 is 9.84 Å². The van der Waals surface area contributed by atoms with Gasteiger partial charge in [0, 0.05) is 14.5 Å². The first-order chi connectivity index (χ1) is 9.02. The largest absolute Gasteiger partial charge is 0.496 e. The van der Waals surface area contributed by atoms with Crippen LogP contribution in [0.3, 0.4) is 0 Å². The Morgan fingerprint density at radius 2 is 1.79 bits per heavy atom. The molecule has 0 saturated heterocycles. The summed E-state index contributed by atoms with van der Waals surface area (Å²) in [5, 5.41) is 10.6. The average Bonchev–Trinajstić information content (AvgIpc) is 2.38. The Balaban J connectivity index is 2.49. The second-order valence-electron chi connectivity index (χ2n) is 4.31. The summed E-state index contributed by atoms with van der Waals surface area (Å²) < 4.78 is 7.15. The Labute approximate surface area is 129 Å². The van der Waals surface area contributed by atoms with E-state index < -0.39 is 6.10 Å². The summed E-state index contributed by atoms with van der Waals surface area (Å²) in [6, 6.07) is 11.5. The third-order valence-electron chi connectivity index (χ3n) is 2.94. The second kappa shape index (κ2) is 6.07. The van der Waals surface area contributed by atoms with E-state index in [0.29, 0.717) is 5.75 Å². The number of hydrogen-bond donors (Lipinski definition) is 1. The Hall–Kier alpha value is -0.840. The third-order valence-corrected chi connectivity index (χ3v) is 4.12. The van der Waals surface area contributed by atoms with Crippen LogP contribution in [0.4, 0.5) is 0 Å². The van der Waals surface area contributed by atoms with E-state index in [0.717, 1.165) is 25.6 Å². The first-order valence-electron chi connectivity index (χ1n) is 5.80. The summed E-state index contributed by atoms with van der Waals surface area (Å²) in [6.07, 6.45) is -0.725. The maximum atomic E-state index is 10.6. The van der Waals surface area contributed by atoms with Crippen LogP contribution in [0.5, 0.6) is 5.75 Å². The molecule has 0 heterocycles. The van der Waals surface area contributed by atoms with E-state index in [4.69, 9.17) is 4.74 Å². The quantitative estimate of drug-likeness (QED) is 0.835. The fourth-order valence-electron chi connectivity index (χ4n) is 1.96. The minimum absolute atomic E-state index is 0.688. The van der Waals surface area contributed by atoms with Crippen LogP contribution in [0.2, 0.25) is 0 Å². The first kappa shape index (κ1) is 14.6. The highest BCUT2D eigenvalue weighted by Crippen LogP contribution is 2.35. The van der Waals surface area contributed by atoms with Crippen molar-refractivity contribution in [1.29, 1.82) is 0 Å². The summed E-state index contributed by atoms with van der Waals surface area (Å²) >= 11 is 6.88. The van der Waals surface area contributed by atoms with Crippen LogP contribution in [-0.4, -0.2) is 12.2 Å². The summed E-state index contributed by atoms with van der Waals surface area (Å²) in [5.74, 6) is 0.688. The van der Waals surface area contributed by atoms with E-state index in [1.165, 1.54) is 0 Å². The maximum Gasteiger partial charge on any atom is 0.125 e. The van der Waals surface area contributed by atoms with Gasteiger partial charge in [0.2, 0.25) is 0 Å². The van der Waals surface area contributed by atoms with E-state index in [1.807, 2.05) is 43.3 Å². The lowest BCUT2D eigenvalue weighted by Gasteiger charge is -2.17. The molecular formula is C15H14Br2O2. The van der Waals surface area contributed by atoms with Crippen molar-refractivity contribution in [3.05, 3.63) is 62.0 Å².